The fraction of sp³-hybridized carbons (Fsp3) is 0.429. The molecule has 2 bridgehead atoms. The van der Waals surface area contributed by atoms with Gasteiger partial charge in [-0.05, 0) is 31.4 Å². The molecule has 7 heteroatoms. The Bertz CT molecular complexity index is 606. The number of carbonyl (C=O) groups is 2. The summed E-state index contributed by atoms with van der Waals surface area (Å²) in [6.07, 6.45) is 1.42. The highest BCUT2D eigenvalue weighted by Gasteiger charge is 2.72. The number of rotatable bonds is 5. The molecule has 1 aromatic rings. The minimum absolute atomic E-state index is 0.230. The highest BCUT2D eigenvalue weighted by atomic mass is 16.5. The van der Waals surface area contributed by atoms with Crippen LogP contribution in [0.25, 0.3) is 0 Å². The summed E-state index contributed by atoms with van der Waals surface area (Å²) in [5.41, 5.74) is -1.01. The van der Waals surface area contributed by atoms with Crippen LogP contribution in [0.2, 0.25) is 0 Å². The molecule has 0 radical (unpaired) electrons. The van der Waals surface area contributed by atoms with Gasteiger partial charge in [0.15, 0.2) is 18.1 Å². The van der Waals surface area contributed by atoms with E-state index in [1.54, 1.807) is 0 Å². The maximum atomic E-state index is 11.8. The number of nitrogens with one attached hydrogen (secondary N) is 1. The second kappa shape index (κ2) is 4.28. The van der Waals surface area contributed by atoms with Crippen molar-refractivity contribution in [2.24, 2.45) is 5.41 Å². The summed E-state index contributed by atoms with van der Waals surface area (Å²) in [7, 11) is 0. The molecule has 21 heavy (non-hydrogen) atoms. The molecule has 0 aliphatic heterocycles. The van der Waals surface area contributed by atoms with E-state index < -0.39 is 11.4 Å². The standard InChI is InChI=1S/C14H15NO6/c16-9-2-1-8(3-10(9)17)21-4-11(18)15-14-5-13(6-14,7-14)12(19)20/h1-3,16-17H,4-7H2,(H,15,18)(H,19,20). The monoisotopic (exact) mass is 293 g/mol. The van der Waals surface area contributed by atoms with Gasteiger partial charge < -0.3 is 25.4 Å². The van der Waals surface area contributed by atoms with Crippen LogP contribution >= 0.6 is 0 Å². The van der Waals surface area contributed by atoms with E-state index in [1.165, 1.54) is 18.2 Å². The number of phenols is 2. The first kappa shape index (κ1) is 13.5. The lowest BCUT2D eigenvalue weighted by Gasteiger charge is -2.67. The molecule has 0 saturated heterocycles. The SMILES string of the molecule is O=C(COc1ccc(O)c(O)c1)NC12CC(C(=O)O)(C1)C2. The van der Waals surface area contributed by atoms with Crippen LogP contribution in [0.5, 0.6) is 17.2 Å². The first-order chi connectivity index (χ1) is 9.84. The van der Waals surface area contributed by atoms with Gasteiger partial charge in [-0.3, -0.25) is 9.59 Å². The van der Waals surface area contributed by atoms with Crippen LogP contribution in [0.3, 0.4) is 0 Å². The van der Waals surface area contributed by atoms with E-state index >= 15 is 0 Å². The lowest BCUT2D eigenvalue weighted by molar-refractivity contribution is -0.200. The third-order valence-electron chi connectivity index (χ3n) is 4.21. The van der Waals surface area contributed by atoms with Crippen LogP contribution in [0.4, 0.5) is 0 Å². The number of hydrogen-bond acceptors (Lipinski definition) is 5. The van der Waals surface area contributed by atoms with Crippen molar-refractivity contribution in [1.29, 1.82) is 0 Å². The fourth-order valence-electron chi connectivity index (χ4n) is 3.22. The Labute approximate surface area is 120 Å². The number of aliphatic carboxylic acids is 1. The average molecular weight is 293 g/mol. The molecule has 3 aliphatic rings. The van der Waals surface area contributed by atoms with E-state index in [1.807, 2.05) is 0 Å². The number of aromatic hydroxyl groups is 2. The van der Waals surface area contributed by atoms with Crippen molar-refractivity contribution in [2.75, 3.05) is 6.61 Å². The van der Waals surface area contributed by atoms with Gasteiger partial charge in [0.2, 0.25) is 0 Å². The molecular weight excluding hydrogens is 278 g/mol. The van der Waals surface area contributed by atoms with Gasteiger partial charge in [-0.25, -0.2) is 0 Å². The Balaban J connectivity index is 1.48. The molecular formula is C14H15NO6. The Kier molecular flexibility index (Phi) is 2.76. The van der Waals surface area contributed by atoms with E-state index in [4.69, 9.17) is 14.9 Å². The van der Waals surface area contributed by atoms with Crippen molar-refractivity contribution in [3.05, 3.63) is 18.2 Å². The van der Waals surface area contributed by atoms with Crippen LogP contribution in [-0.2, 0) is 9.59 Å². The molecule has 0 aromatic heterocycles. The minimum atomic E-state index is -0.797. The van der Waals surface area contributed by atoms with Gasteiger partial charge in [0.1, 0.15) is 5.75 Å². The van der Waals surface area contributed by atoms with Crippen molar-refractivity contribution in [3.63, 3.8) is 0 Å². The Hall–Kier alpha value is -2.44. The molecule has 0 unspecified atom stereocenters. The van der Waals surface area contributed by atoms with Gasteiger partial charge in [-0.1, -0.05) is 0 Å². The topological polar surface area (TPSA) is 116 Å². The predicted molar refractivity (Wildman–Crippen MR) is 70.1 cm³/mol. The van der Waals surface area contributed by atoms with Crippen LogP contribution in [-0.4, -0.2) is 39.3 Å². The van der Waals surface area contributed by atoms with Gasteiger partial charge in [0.25, 0.3) is 5.91 Å². The van der Waals surface area contributed by atoms with Crippen molar-refractivity contribution < 1.29 is 29.6 Å². The molecule has 3 fully saturated rings. The molecule has 7 nitrogen and oxygen atoms in total. The maximum Gasteiger partial charge on any atom is 0.309 e. The first-order valence-electron chi connectivity index (χ1n) is 6.53. The van der Waals surface area contributed by atoms with Crippen molar-refractivity contribution >= 4 is 11.9 Å². The van der Waals surface area contributed by atoms with Crippen LogP contribution in [0.15, 0.2) is 18.2 Å². The molecule has 0 spiro atoms. The second-order valence-electron chi connectivity index (χ2n) is 5.88. The van der Waals surface area contributed by atoms with E-state index in [-0.39, 0.29) is 35.3 Å². The summed E-state index contributed by atoms with van der Waals surface area (Å²) in [4.78, 5) is 22.7. The molecule has 3 saturated carbocycles. The first-order valence-corrected chi connectivity index (χ1v) is 6.53. The van der Waals surface area contributed by atoms with Crippen molar-refractivity contribution in [3.8, 4) is 17.2 Å². The number of phenolic OH excluding ortho intramolecular Hbond substituents is 2. The zero-order valence-electron chi connectivity index (χ0n) is 11.1. The van der Waals surface area contributed by atoms with Crippen LogP contribution in [0.1, 0.15) is 19.3 Å². The third-order valence-corrected chi connectivity index (χ3v) is 4.21. The van der Waals surface area contributed by atoms with E-state index in [2.05, 4.69) is 5.32 Å². The lowest BCUT2D eigenvalue weighted by Crippen LogP contribution is -2.77. The van der Waals surface area contributed by atoms with Gasteiger partial charge in [0, 0.05) is 11.6 Å². The zero-order chi connectivity index (χ0) is 15.3. The summed E-state index contributed by atoms with van der Waals surface area (Å²) in [5.74, 6) is -1.45. The zero-order valence-corrected chi connectivity index (χ0v) is 11.1. The highest BCUT2D eigenvalue weighted by Crippen LogP contribution is 2.67. The molecule has 1 aromatic carbocycles. The normalized spacial score (nSPS) is 29.0. The molecule has 112 valence electrons. The molecule has 0 heterocycles. The number of ether oxygens (including phenoxy) is 1. The van der Waals surface area contributed by atoms with Gasteiger partial charge in [-0.2, -0.15) is 0 Å². The quantitative estimate of drug-likeness (QED) is 0.591. The minimum Gasteiger partial charge on any atom is -0.504 e. The molecule has 3 aliphatic carbocycles. The van der Waals surface area contributed by atoms with Gasteiger partial charge >= 0.3 is 5.97 Å². The van der Waals surface area contributed by atoms with E-state index in [0.29, 0.717) is 19.3 Å². The fourth-order valence-corrected chi connectivity index (χ4v) is 3.22. The van der Waals surface area contributed by atoms with Crippen molar-refractivity contribution in [2.45, 2.75) is 24.8 Å². The molecule has 4 N–H and O–H groups in total. The number of hydrogen-bond donors (Lipinski definition) is 4. The van der Waals surface area contributed by atoms with E-state index in [9.17, 15) is 14.7 Å². The maximum absolute atomic E-state index is 11.8. The number of amides is 1. The summed E-state index contributed by atoms with van der Waals surface area (Å²) in [5, 5.41) is 30.2. The molecule has 0 atom stereocenters. The van der Waals surface area contributed by atoms with Crippen LogP contribution in [0, 0.1) is 5.41 Å². The van der Waals surface area contributed by atoms with E-state index in [0.717, 1.165) is 0 Å². The third kappa shape index (κ3) is 2.14. The number of carboxylic acids is 1. The van der Waals surface area contributed by atoms with Crippen molar-refractivity contribution in [1.82, 2.24) is 5.32 Å². The predicted octanol–water partition coefficient (Wildman–Crippen LogP) is 0.600. The molecule has 4 rings (SSSR count). The second-order valence-corrected chi connectivity index (χ2v) is 5.88. The summed E-state index contributed by atoms with van der Waals surface area (Å²) in [6.45, 7) is -0.230. The Morgan fingerprint density at radius 3 is 2.43 bits per heavy atom. The highest BCUT2D eigenvalue weighted by molar-refractivity contribution is 5.84. The summed E-state index contributed by atoms with van der Waals surface area (Å²) in [6, 6.07) is 3.91. The smallest absolute Gasteiger partial charge is 0.309 e. The number of carbonyl (C=O) groups excluding carboxylic acids is 1. The largest absolute Gasteiger partial charge is 0.504 e. The Morgan fingerprint density at radius 2 is 1.86 bits per heavy atom. The Morgan fingerprint density at radius 1 is 1.19 bits per heavy atom. The van der Waals surface area contributed by atoms with Gasteiger partial charge in [-0.15, -0.1) is 0 Å². The molecule has 1 amide bonds. The van der Waals surface area contributed by atoms with Gasteiger partial charge in [0.05, 0.1) is 5.41 Å². The average Bonchev–Trinajstić information content (AvgIpc) is 2.33. The van der Waals surface area contributed by atoms with Crippen LogP contribution < -0.4 is 10.1 Å². The number of benzene rings is 1. The summed E-state index contributed by atoms with van der Waals surface area (Å²) >= 11 is 0. The summed E-state index contributed by atoms with van der Waals surface area (Å²) < 4.78 is 5.21. The lowest BCUT2D eigenvalue weighted by atomic mass is 9.39. The number of carboxylic acid groups (broad SMARTS) is 1.